The van der Waals surface area contributed by atoms with Crippen LogP contribution in [-0.2, 0) is 0 Å². The average molecular weight is 410 g/mol. The molecule has 1 aromatic carbocycles. The molecule has 30 heavy (non-hydrogen) atoms. The van der Waals surface area contributed by atoms with Gasteiger partial charge in [0.1, 0.15) is 12.4 Å². The first-order chi connectivity index (χ1) is 14.5. The summed E-state index contributed by atoms with van der Waals surface area (Å²) in [5.41, 5.74) is 8.63. The van der Waals surface area contributed by atoms with E-state index in [4.69, 9.17) is 19.7 Å². The fourth-order valence-electron chi connectivity index (χ4n) is 3.04. The molecule has 0 aliphatic rings. The molecule has 0 spiro atoms. The number of rotatable bonds is 8. The zero-order chi connectivity index (χ0) is 21.5. The summed E-state index contributed by atoms with van der Waals surface area (Å²) in [4.78, 5) is 15.5. The summed E-state index contributed by atoms with van der Waals surface area (Å²) in [6.45, 7) is 4.66. The molecule has 3 rings (SSSR count). The van der Waals surface area contributed by atoms with Crippen molar-refractivity contribution < 1.29 is 18.8 Å². The number of nitrogens with zero attached hydrogens (tertiary/aromatic N) is 2. The molecule has 0 saturated carbocycles. The molecule has 0 aliphatic heterocycles. The number of carbonyl (C=O) groups excluding carboxylic acids is 1. The number of hydrogen-bond acceptors (Lipinski definition) is 7. The van der Waals surface area contributed by atoms with Crippen LogP contribution < -0.4 is 20.5 Å². The van der Waals surface area contributed by atoms with Gasteiger partial charge in [-0.3, -0.25) is 0 Å². The van der Waals surface area contributed by atoms with Crippen molar-refractivity contribution in [3.63, 3.8) is 0 Å². The minimum atomic E-state index is -0.580. The van der Waals surface area contributed by atoms with Crippen LogP contribution in [0.5, 0.6) is 11.6 Å². The third-order valence-electron chi connectivity index (χ3n) is 4.38. The van der Waals surface area contributed by atoms with E-state index in [2.05, 4.69) is 29.3 Å². The fourth-order valence-corrected chi connectivity index (χ4v) is 3.04. The topological polar surface area (TPSA) is 112 Å². The Hall–Kier alpha value is -3.39. The SMILES string of the molecule is CNC(=O)Oc1cc(-c2ccc(OC[C@@H](N)CC(C)C)c(-c3ccno3)c2)ccn1. The van der Waals surface area contributed by atoms with E-state index in [-0.39, 0.29) is 11.9 Å². The van der Waals surface area contributed by atoms with E-state index < -0.39 is 6.09 Å². The van der Waals surface area contributed by atoms with Crippen LogP contribution in [0.4, 0.5) is 4.79 Å². The Morgan fingerprint density at radius 2 is 1.97 bits per heavy atom. The van der Waals surface area contributed by atoms with Crippen LogP contribution >= 0.6 is 0 Å². The van der Waals surface area contributed by atoms with Crippen LogP contribution in [0, 0.1) is 5.92 Å². The molecule has 0 saturated heterocycles. The summed E-state index contributed by atoms with van der Waals surface area (Å²) >= 11 is 0. The summed E-state index contributed by atoms with van der Waals surface area (Å²) in [5, 5.41) is 6.20. The average Bonchev–Trinajstić information content (AvgIpc) is 3.26. The largest absolute Gasteiger partial charge is 0.491 e. The molecular weight excluding hydrogens is 384 g/mol. The Balaban J connectivity index is 1.88. The molecule has 3 aromatic rings. The molecule has 0 aliphatic carbocycles. The number of ether oxygens (including phenoxy) is 2. The van der Waals surface area contributed by atoms with Crippen molar-refractivity contribution in [2.45, 2.75) is 26.3 Å². The Bertz CT molecular complexity index is 973. The van der Waals surface area contributed by atoms with E-state index in [1.54, 1.807) is 24.5 Å². The molecule has 1 amide bonds. The van der Waals surface area contributed by atoms with Gasteiger partial charge in [0.05, 0.1) is 11.8 Å². The third-order valence-corrected chi connectivity index (χ3v) is 4.38. The maximum atomic E-state index is 11.5. The van der Waals surface area contributed by atoms with Crippen LogP contribution in [0.25, 0.3) is 22.5 Å². The number of hydrogen-bond donors (Lipinski definition) is 2. The van der Waals surface area contributed by atoms with Gasteiger partial charge in [-0.05, 0) is 41.7 Å². The van der Waals surface area contributed by atoms with Crippen molar-refractivity contribution in [3.8, 4) is 34.1 Å². The summed E-state index contributed by atoms with van der Waals surface area (Å²) in [6, 6.07) is 11.0. The lowest BCUT2D eigenvalue weighted by Gasteiger charge is -2.17. The minimum Gasteiger partial charge on any atom is -0.491 e. The highest BCUT2D eigenvalue weighted by molar-refractivity contribution is 5.76. The van der Waals surface area contributed by atoms with E-state index in [1.165, 1.54) is 7.05 Å². The zero-order valence-corrected chi connectivity index (χ0v) is 17.3. The summed E-state index contributed by atoms with van der Waals surface area (Å²) in [5.74, 6) is 1.94. The fraction of sp³-hybridized carbons (Fsp3) is 0.318. The van der Waals surface area contributed by atoms with Crippen molar-refractivity contribution in [1.82, 2.24) is 15.5 Å². The van der Waals surface area contributed by atoms with Crippen molar-refractivity contribution in [2.75, 3.05) is 13.7 Å². The molecule has 2 aromatic heterocycles. The molecule has 3 N–H and O–H groups in total. The van der Waals surface area contributed by atoms with Gasteiger partial charge in [0.25, 0.3) is 0 Å². The molecule has 0 unspecified atom stereocenters. The van der Waals surface area contributed by atoms with Gasteiger partial charge in [-0.15, -0.1) is 0 Å². The predicted molar refractivity (Wildman–Crippen MR) is 113 cm³/mol. The Morgan fingerprint density at radius 3 is 2.67 bits per heavy atom. The third kappa shape index (κ3) is 5.57. The second kappa shape index (κ2) is 9.89. The summed E-state index contributed by atoms with van der Waals surface area (Å²) < 4.78 is 16.5. The Kier molecular flexibility index (Phi) is 7.03. The van der Waals surface area contributed by atoms with Gasteiger partial charge in [0.2, 0.25) is 5.88 Å². The number of carbonyl (C=O) groups is 1. The molecule has 2 heterocycles. The number of benzene rings is 1. The number of amides is 1. The van der Waals surface area contributed by atoms with Gasteiger partial charge in [0.15, 0.2) is 5.76 Å². The molecule has 8 nitrogen and oxygen atoms in total. The van der Waals surface area contributed by atoms with E-state index >= 15 is 0 Å². The molecule has 158 valence electrons. The maximum Gasteiger partial charge on any atom is 0.413 e. The molecule has 0 bridgehead atoms. The van der Waals surface area contributed by atoms with Gasteiger partial charge >= 0.3 is 6.09 Å². The van der Waals surface area contributed by atoms with Gasteiger partial charge in [-0.25, -0.2) is 9.78 Å². The lowest BCUT2D eigenvalue weighted by molar-refractivity contribution is 0.201. The molecule has 8 heteroatoms. The zero-order valence-electron chi connectivity index (χ0n) is 17.3. The standard InChI is InChI=1S/C22H26N4O4/c1-14(2)10-17(23)13-28-19-5-4-15(11-18(19)20-7-9-26-30-20)16-6-8-25-21(12-16)29-22(27)24-3/h4-9,11-12,14,17H,10,13,23H2,1-3H3,(H,24,27)/t17-/m0/s1. The maximum absolute atomic E-state index is 11.5. The monoisotopic (exact) mass is 410 g/mol. The Labute approximate surface area is 175 Å². The summed E-state index contributed by atoms with van der Waals surface area (Å²) in [6.07, 6.45) is 3.46. The lowest BCUT2D eigenvalue weighted by atomic mass is 10.0. The first-order valence-corrected chi connectivity index (χ1v) is 9.75. The van der Waals surface area contributed by atoms with Crippen molar-refractivity contribution in [1.29, 1.82) is 0 Å². The van der Waals surface area contributed by atoms with Crippen molar-refractivity contribution in [3.05, 3.63) is 48.8 Å². The van der Waals surface area contributed by atoms with Gasteiger partial charge < -0.3 is 25.0 Å². The summed E-state index contributed by atoms with van der Waals surface area (Å²) in [7, 11) is 1.49. The second-order valence-corrected chi connectivity index (χ2v) is 7.31. The molecule has 1 atom stereocenters. The predicted octanol–water partition coefficient (Wildman–Crippen LogP) is 3.87. The van der Waals surface area contributed by atoms with Crippen LogP contribution in [0.2, 0.25) is 0 Å². The number of pyridine rings is 1. The number of nitrogens with two attached hydrogens (primary N) is 1. The second-order valence-electron chi connectivity index (χ2n) is 7.31. The lowest BCUT2D eigenvalue weighted by Crippen LogP contribution is -2.29. The van der Waals surface area contributed by atoms with E-state index in [9.17, 15) is 4.79 Å². The van der Waals surface area contributed by atoms with E-state index in [0.29, 0.717) is 24.0 Å². The first-order valence-electron chi connectivity index (χ1n) is 9.75. The van der Waals surface area contributed by atoms with Gasteiger partial charge in [-0.2, -0.15) is 0 Å². The van der Waals surface area contributed by atoms with Crippen LogP contribution in [-0.4, -0.2) is 35.9 Å². The smallest absolute Gasteiger partial charge is 0.413 e. The van der Waals surface area contributed by atoms with E-state index in [0.717, 1.165) is 23.1 Å². The van der Waals surface area contributed by atoms with Gasteiger partial charge in [-0.1, -0.05) is 25.1 Å². The Morgan fingerprint density at radius 1 is 1.17 bits per heavy atom. The van der Waals surface area contributed by atoms with Crippen LogP contribution in [0.1, 0.15) is 20.3 Å². The van der Waals surface area contributed by atoms with Crippen LogP contribution in [0.15, 0.2) is 53.3 Å². The minimum absolute atomic E-state index is 0.0585. The first kappa shape index (κ1) is 21.3. The highest BCUT2D eigenvalue weighted by Gasteiger charge is 2.15. The molecular formula is C22H26N4O4. The molecule has 0 radical (unpaired) electrons. The normalized spacial score (nSPS) is 11.9. The van der Waals surface area contributed by atoms with Crippen molar-refractivity contribution in [2.24, 2.45) is 11.7 Å². The van der Waals surface area contributed by atoms with Gasteiger partial charge in [0, 0.05) is 31.4 Å². The van der Waals surface area contributed by atoms with Crippen molar-refractivity contribution >= 4 is 6.09 Å². The number of aromatic nitrogens is 2. The quantitative estimate of drug-likeness (QED) is 0.579. The highest BCUT2D eigenvalue weighted by Crippen LogP contribution is 2.35. The van der Waals surface area contributed by atoms with Crippen LogP contribution in [0.3, 0.4) is 0 Å². The van der Waals surface area contributed by atoms with E-state index in [1.807, 2.05) is 24.3 Å². The highest BCUT2D eigenvalue weighted by atomic mass is 16.6. The molecule has 0 fully saturated rings. The number of nitrogens with one attached hydrogen (secondary N) is 1.